The zero-order chi connectivity index (χ0) is 15.8. The van der Waals surface area contributed by atoms with Crippen LogP contribution in [0.4, 0.5) is 0 Å². The van der Waals surface area contributed by atoms with Crippen molar-refractivity contribution in [1.82, 2.24) is 0 Å². The first-order chi connectivity index (χ1) is 9.97. The van der Waals surface area contributed by atoms with Crippen LogP contribution in [0.2, 0.25) is 0 Å². The smallest absolute Gasteiger partial charge is 0.344 e. The second kappa shape index (κ2) is 8.52. The minimum atomic E-state index is -0.401. The molecule has 0 amide bonds. The Morgan fingerprint density at radius 3 is 2.62 bits per heavy atom. The fourth-order valence-corrected chi connectivity index (χ4v) is 1.90. The van der Waals surface area contributed by atoms with Gasteiger partial charge < -0.3 is 19.9 Å². The summed E-state index contributed by atoms with van der Waals surface area (Å²) in [7, 11) is 1.57. The number of esters is 1. The lowest BCUT2D eigenvalue weighted by molar-refractivity contribution is -0.149. The molecule has 1 aromatic carbocycles. The lowest BCUT2D eigenvalue weighted by atomic mass is 10.0. The Morgan fingerprint density at radius 2 is 2.05 bits per heavy atom. The highest BCUT2D eigenvalue weighted by molar-refractivity contribution is 5.71. The van der Waals surface area contributed by atoms with Crippen LogP contribution in [0.3, 0.4) is 0 Å². The molecule has 1 rings (SSSR count). The van der Waals surface area contributed by atoms with Crippen LogP contribution in [0.25, 0.3) is 0 Å². The maximum absolute atomic E-state index is 11.6. The molecule has 1 unspecified atom stereocenters. The van der Waals surface area contributed by atoms with E-state index in [1.54, 1.807) is 27.0 Å². The third kappa shape index (κ3) is 5.63. The van der Waals surface area contributed by atoms with Crippen molar-refractivity contribution in [3.8, 4) is 11.5 Å². The predicted molar refractivity (Wildman–Crippen MR) is 81.7 cm³/mol. The van der Waals surface area contributed by atoms with Gasteiger partial charge in [-0.15, -0.1) is 0 Å². The normalized spacial score (nSPS) is 12.1. The molecular formula is C16H25NO4. The Bertz CT molecular complexity index is 460. The molecule has 0 aliphatic rings. The summed E-state index contributed by atoms with van der Waals surface area (Å²) in [5.41, 5.74) is 6.93. The van der Waals surface area contributed by atoms with Gasteiger partial charge in [-0.2, -0.15) is 0 Å². The fourth-order valence-electron chi connectivity index (χ4n) is 1.90. The number of hydrogen-bond donors (Lipinski definition) is 1. The molecule has 5 nitrogen and oxygen atoms in total. The van der Waals surface area contributed by atoms with Crippen molar-refractivity contribution in [3.63, 3.8) is 0 Å². The van der Waals surface area contributed by atoms with Crippen molar-refractivity contribution in [2.24, 2.45) is 5.73 Å². The first-order valence-electron chi connectivity index (χ1n) is 7.21. The molecule has 1 aromatic rings. The van der Waals surface area contributed by atoms with Gasteiger partial charge in [0.1, 0.15) is 0 Å². The van der Waals surface area contributed by atoms with Gasteiger partial charge in [0.25, 0.3) is 0 Å². The van der Waals surface area contributed by atoms with Crippen LogP contribution >= 0.6 is 0 Å². The Labute approximate surface area is 126 Å². The minimum Gasteiger partial charge on any atom is -0.493 e. The van der Waals surface area contributed by atoms with Gasteiger partial charge >= 0.3 is 5.97 Å². The van der Waals surface area contributed by atoms with Gasteiger partial charge in [-0.3, -0.25) is 0 Å². The van der Waals surface area contributed by atoms with E-state index in [0.717, 1.165) is 12.0 Å². The molecule has 0 bridgehead atoms. The SMILES string of the molecule is CCC(N)Cc1cccc(OC)c1OCC(=O)OC(C)C. The molecule has 0 aliphatic heterocycles. The molecule has 0 radical (unpaired) electrons. The van der Waals surface area contributed by atoms with Crippen LogP contribution in [-0.4, -0.2) is 31.8 Å². The van der Waals surface area contributed by atoms with Gasteiger partial charge in [0.15, 0.2) is 18.1 Å². The minimum absolute atomic E-state index is 0.0436. The predicted octanol–water partition coefficient (Wildman–Crippen LogP) is 2.31. The summed E-state index contributed by atoms with van der Waals surface area (Å²) < 4.78 is 16.0. The maximum atomic E-state index is 11.6. The molecule has 0 fully saturated rings. The Balaban J connectivity index is 2.84. The molecule has 5 heteroatoms. The summed E-state index contributed by atoms with van der Waals surface area (Å²) in [5.74, 6) is 0.749. The van der Waals surface area contributed by atoms with Crippen LogP contribution in [-0.2, 0) is 16.0 Å². The van der Waals surface area contributed by atoms with E-state index < -0.39 is 5.97 Å². The third-order valence-electron chi connectivity index (χ3n) is 2.99. The van der Waals surface area contributed by atoms with E-state index in [2.05, 4.69) is 0 Å². The molecule has 0 aromatic heterocycles. The van der Waals surface area contributed by atoms with Gasteiger partial charge in [0.05, 0.1) is 13.2 Å². The van der Waals surface area contributed by atoms with E-state index in [4.69, 9.17) is 19.9 Å². The molecule has 21 heavy (non-hydrogen) atoms. The van der Waals surface area contributed by atoms with E-state index in [0.29, 0.717) is 17.9 Å². The van der Waals surface area contributed by atoms with Crippen LogP contribution in [0.1, 0.15) is 32.8 Å². The number of rotatable bonds is 8. The number of carbonyl (C=O) groups is 1. The molecule has 0 saturated carbocycles. The van der Waals surface area contributed by atoms with Gasteiger partial charge in [0, 0.05) is 6.04 Å². The Morgan fingerprint density at radius 1 is 1.33 bits per heavy atom. The van der Waals surface area contributed by atoms with Gasteiger partial charge in [0.2, 0.25) is 0 Å². The largest absolute Gasteiger partial charge is 0.493 e. The standard InChI is InChI=1S/C16H25NO4/c1-5-13(17)9-12-7-6-8-14(19-4)16(12)20-10-15(18)21-11(2)3/h6-8,11,13H,5,9-10,17H2,1-4H3. The number of carbonyl (C=O) groups excluding carboxylic acids is 1. The number of hydrogen-bond acceptors (Lipinski definition) is 5. The highest BCUT2D eigenvalue weighted by atomic mass is 16.6. The van der Waals surface area contributed by atoms with E-state index in [1.165, 1.54) is 0 Å². The summed E-state index contributed by atoms with van der Waals surface area (Å²) in [5, 5.41) is 0. The molecule has 118 valence electrons. The molecule has 0 saturated heterocycles. The summed E-state index contributed by atoms with van der Waals surface area (Å²) in [6, 6.07) is 5.66. The van der Waals surface area contributed by atoms with Crippen molar-refractivity contribution in [2.75, 3.05) is 13.7 Å². The van der Waals surface area contributed by atoms with Gasteiger partial charge in [-0.05, 0) is 38.3 Å². The van der Waals surface area contributed by atoms with E-state index in [9.17, 15) is 4.79 Å². The molecule has 1 atom stereocenters. The van der Waals surface area contributed by atoms with Crippen molar-refractivity contribution in [2.45, 2.75) is 45.8 Å². The number of methoxy groups -OCH3 is 1. The first-order valence-corrected chi connectivity index (χ1v) is 7.21. The van der Waals surface area contributed by atoms with Crippen molar-refractivity contribution in [3.05, 3.63) is 23.8 Å². The fraction of sp³-hybridized carbons (Fsp3) is 0.562. The molecule has 0 spiro atoms. The van der Waals surface area contributed by atoms with Crippen LogP contribution < -0.4 is 15.2 Å². The molecule has 0 aliphatic carbocycles. The number of nitrogens with two attached hydrogens (primary N) is 1. The van der Waals surface area contributed by atoms with Gasteiger partial charge in [-0.25, -0.2) is 4.79 Å². The highest BCUT2D eigenvalue weighted by Crippen LogP contribution is 2.32. The number of para-hydroxylation sites is 1. The van der Waals surface area contributed by atoms with Crippen molar-refractivity contribution >= 4 is 5.97 Å². The summed E-state index contributed by atoms with van der Waals surface area (Å²) >= 11 is 0. The zero-order valence-electron chi connectivity index (χ0n) is 13.2. The van der Waals surface area contributed by atoms with E-state index in [1.807, 2.05) is 19.1 Å². The quantitative estimate of drug-likeness (QED) is 0.745. The average Bonchev–Trinajstić information content (AvgIpc) is 2.44. The van der Waals surface area contributed by atoms with Crippen molar-refractivity contribution < 1.29 is 19.0 Å². The maximum Gasteiger partial charge on any atom is 0.344 e. The van der Waals surface area contributed by atoms with Crippen molar-refractivity contribution in [1.29, 1.82) is 0 Å². The topological polar surface area (TPSA) is 70.8 Å². The second-order valence-electron chi connectivity index (χ2n) is 5.15. The molecular weight excluding hydrogens is 270 g/mol. The van der Waals surface area contributed by atoms with E-state index in [-0.39, 0.29) is 18.8 Å². The molecule has 0 heterocycles. The molecule has 2 N–H and O–H groups in total. The van der Waals surface area contributed by atoms with Crippen LogP contribution in [0.15, 0.2) is 18.2 Å². The summed E-state index contributed by atoms with van der Waals surface area (Å²) in [6.45, 7) is 5.48. The van der Waals surface area contributed by atoms with E-state index >= 15 is 0 Å². The van der Waals surface area contributed by atoms with Crippen LogP contribution in [0, 0.1) is 0 Å². The number of benzene rings is 1. The number of ether oxygens (including phenoxy) is 3. The highest BCUT2D eigenvalue weighted by Gasteiger charge is 2.15. The summed E-state index contributed by atoms with van der Waals surface area (Å²) in [6.07, 6.45) is 1.38. The first kappa shape index (κ1) is 17.3. The second-order valence-corrected chi connectivity index (χ2v) is 5.15. The lowest BCUT2D eigenvalue weighted by Gasteiger charge is -2.17. The zero-order valence-corrected chi connectivity index (χ0v) is 13.2. The Kier molecular flexibility index (Phi) is 7.02. The van der Waals surface area contributed by atoms with Gasteiger partial charge in [-0.1, -0.05) is 19.1 Å². The van der Waals surface area contributed by atoms with Crippen LogP contribution in [0.5, 0.6) is 11.5 Å². The monoisotopic (exact) mass is 295 g/mol. The summed E-state index contributed by atoms with van der Waals surface area (Å²) in [4.78, 5) is 11.6. The average molecular weight is 295 g/mol. The Hall–Kier alpha value is -1.75. The lowest BCUT2D eigenvalue weighted by Crippen LogP contribution is -2.23. The third-order valence-corrected chi connectivity index (χ3v) is 2.99.